The highest BCUT2D eigenvalue weighted by molar-refractivity contribution is 5.96. The number of nitrogens with zero attached hydrogens (tertiary/aromatic N) is 1. The van der Waals surface area contributed by atoms with Gasteiger partial charge in [-0.25, -0.2) is 8.78 Å². The van der Waals surface area contributed by atoms with Crippen LogP contribution in [0.3, 0.4) is 0 Å². The van der Waals surface area contributed by atoms with E-state index in [2.05, 4.69) is 0 Å². The number of carbonyl (C=O) groups excluding carboxylic acids is 1. The fraction of sp³-hybridized carbons (Fsp3) is 0.364. The lowest BCUT2D eigenvalue weighted by atomic mass is 10.1. The minimum Gasteiger partial charge on any atom is -0.312 e. The third-order valence-electron chi connectivity index (χ3n) is 2.63. The number of halogens is 2. The zero-order valence-electron chi connectivity index (χ0n) is 8.34. The average Bonchev–Trinajstić information content (AvgIpc) is 2.46. The van der Waals surface area contributed by atoms with E-state index in [0.717, 1.165) is 12.5 Å². The van der Waals surface area contributed by atoms with Crippen LogP contribution in [0.15, 0.2) is 18.2 Å². The van der Waals surface area contributed by atoms with Crippen LogP contribution in [0.2, 0.25) is 0 Å². The van der Waals surface area contributed by atoms with Crippen LogP contribution in [0.1, 0.15) is 13.3 Å². The third-order valence-corrected chi connectivity index (χ3v) is 2.63. The Balaban J connectivity index is 2.34. The first-order valence-electron chi connectivity index (χ1n) is 4.85. The van der Waals surface area contributed by atoms with Crippen molar-refractivity contribution in [1.82, 2.24) is 0 Å². The second kappa shape index (κ2) is 3.61. The topological polar surface area (TPSA) is 20.3 Å². The number of anilines is 1. The summed E-state index contributed by atoms with van der Waals surface area (Å²) in [5, 5.41) is 0. The number of amides is 1. The van der Waals surface area contributed by atoms with Crippen LogP contribution in [0.5, 0.6) is 0 Å². The molecule has 0 spiro atoms. The summed E-state index contributed by atoms with van der Waals surface area (Å²) in [6.45, 7) is 2.35. The number of hydrogen-bond acceptors (Lipinski definition) is 1. The highest BCUT2D eigenvalue weighted by atomic mass is 19.1. The van der Waals surface area contributed by atoms with Crippen LogP contribution in [0.25, 0.3) is 0 Å². The molecule has 1 amide bonds. The van der Waals surface area contributed by atoms with Gasteiger partial charge in [0.2, 0.25) is 5.91 Å². The van der Waals surface area contributed by atoms with Crippen LogP contribution in [-0.4, -0.2) is 12.5 Å². The van der Waals surface area contributed by atoms with Gasteiger partial charge in [-0.05, 0) is 18.6 Å². The molecule has 1 fully saturated rings. The highest BCUT2D eigenvalue weighted by Gasteiger charge is 2.29. The van der Waals surface area contributed by atoms with Crippen molar-refractivity contribution in [2.24, 2.45) is 5.92 Å². The van der Waals surface area contributed by atoms with E-state index < -0.39 is 11.6 Å². The summed E-state index contributed by atoms with van der Waals surface area (Å²) in [4.78, 5) is 13.0. The second-order valence-electron chi connectivity index (χ2n) is 3.81. The van der Waals surface area contributed by atoms with Gasteiger partial charge in [-0.2, -0.15) is 0 Å². The molecule has 0 aromatic heterocycles. The maximum absolute atomic E-state index is 12.9. The van der Waals surface area contributed by atoms with E-state index in [1.807, 2.05) is 6.92 Å². The minimum atomic E-state index is -0.655. The predicted octanol–water partition coefficient (Wildman–Crippen LogP) is 2.34. The molecule has 1 aliphatic heterocycles. The Hall–Kier alpha value is -1.45. The molecule has 15 heavy (non-hydrogen) atoms. The Labute approximate surface area is 86.5 Å². The van der Waals surface area contributed by atoms with E-state index in [9.17, 15) is 13.6 Å². The Bertz CT molecular complexity index is 385. The summed E-state index contributed by atoms with van der Waals surface area (Å²) in [7, 11) is 0. The normalized spacial score (nSPS) is 21.1. The molecule has 80 valence electrons. The Morgan fingerprint density at radius 2 is 1.87 bits per heavy atom. The summed E-state index contributed by atoms with van der Waals surface area (Å²) in [5.41, 5.74) is 0.307. The predicted molar refractivity (Wildman–Crippen MR) is 52.5 cm³/mol. The lowest BCUT2D eigenvalue weighted by Crippen LogP contribution is -2.26. The van der Waals surface area contributed by atoms with Crippen LogP contribution < -0.4 is 4.90 Å². The van der Waals surface area contributed by atoms with Crippen molar-refractivity contribution in [2.75, 3.05) is 11.4 Å². The van der Waals surface area contributed by atoms with E-state index in [0.29, 0.717) is 12.2 Å². The molecular formula is C11H11F2NO. The van der Waals surface area contributed by atoms with Gasteiger partial charge in [0.1, 0.15) is 11.6 Å². The Kier molecular flexibility index (Phi) is 2.42. The van der Waals surface area contributed by atoms with Gasteiger partial charge in [-0.15, -0.1) is 0 Å². The standard InChI is InChI=1S/C11H11F2NO/c1-7-2-3-14(11(7)15)10-5-8(12)4-9(13)6-10/h4-7H,2-3H2,1H3. The van der Waals surface area contributed by atoms with Crippen molar-refractivity contribution in [3.8, 4) is 0 Å². The Morgan fingerprint density at radius 1 is 1.27 bits per heavy atom. The largest absolute Gasteiger partial charge is 0.312 e. The van der Waals surface area contributed by atoms with Gasteiger partial charge in [0.25, 0.3) is 0 Å². The number of hydrogen-bond donors (Lipinski definition) is 0. The molecule has 0 aliphatic carbocycles. The summed E-state index contributed by atoms with van der Waals surface area (Å²) in [5.74, 6) is -1.44. The molecule has 2 rings (SSSR count). The van der Waals surface area contributed by atoms with Gasteiger partial charge in [0, 0.05) is 24.2 Å². The zero-order valence-corrected chi connectivity index (χ0v) is 8.34. The quantitative estimate of drug-likeness (QED) is 0.698. The lowest BCUT2D eigenvalue weighted by Gasteiger charge is -2.16. The monoisotopic (exact) mass is 211 g/mol. The first-order chi connectivity index (χ1) is 7.08. The molecule has 0 N–H and O–H groups in total. The van der Waals surface area contributed by atoms with Crippen molar-refractivity contribution in [3.63, 3.8) is 0 Å². The van der Waals surface area contributed by atoms with Crippen LogP contribution in [0.4, 0.5) is 14.5 Å². The zero-order chi connectivity index (χ0) is 11.0. The van der Waals surface area contributed by atoms with E-state index in [1.54, 1.807) is 0 Å². The third kappa shape index (κ3) is 1.84. The summed E-state index contributed by atoms with van der Waals surface area (Å²) in [6.07, 6.45) is 0.733. The van der Waals surface area contributed by atoms with E-state index in [4.69, 9.17) is 0 Å². The summed E-state index contributed by atoms with van der Waals surface area (Å²) >= 11 is 0. The average molecular weight is 211 g/mol. The maximum atomic E-state index is 12.9. The minimum absolute atomic E-state index is 0.0590. The molecule has 1 atom stereocenters. The first-order valence-corrected chi connectivity index (χ1v) is 4.85. The van der Waals surface area contributed by atoms with Gasteiger partial charge >= 0.3 is 0 Å². The van der Waals surface area contributed by atoms with Gasteiger partial charge in [-0.1, -0.05) is 6.92 Å². The molecule has 1 unspecified atom stereocenters. The van der Waals surface area contributed by atoms with Crippen LogP contribution >= 0.6 is 0 Å². The summed E-state index contributed by atoms with van der Waals surface area (Å²) in [6, 6.07) is 3.16. The lowest BCUT2D eigenvalue weighted by molar-refractivity contribution is -0.119. The van der Waals surface area contributed by atoms with Gasteiger partial charge in [0.05, 0.1) is 0 Å². The smallest absolute Gasteiger partial charge is 0.229 e. The van der Waals surface area contributed by atoms with Crippen molar-refractivity contribution in [1.29, 1.82) is 0 Å². The van der Waals surface area contributed by atoms with E-state index in [1.165, 1.54) is 17.0 Å². The fourth-order valence-electron chi connectivity index (χ4n) is 1.77. The molecule has 1 heterocycles. The first kappa shape index (κ1) is 10.1. The molecule has 0 radical (unpaired) electrons. The van der Waals surface area contributed by atoms with Gasteiger partial charge in [0.15, 0.2) is 0 Å². The fourth-order valence-corrected chi connectivity index (χ4v) is 1.77. The molecule has 2 nitrogen and oxygen atoms in total. The number of carbonyl (C=O) groups is 1. The second-order valence-corrected chi connectivity index (χ2v) is 3.81. The van der Waals surface area contributed by atoms with Crippen molar-refractivity contribution < 1.29 is 13.6 Å². The van der Waals surface area contributed by atoms with Crippen LogP contribution in [-0.2, 0) is 4.79 Å². The number of rotatable bonds is 1. The molecule has 0 saturated carbocycles. The molecule has 4 heteroatoms. The maximum Gasteiger partial charge on any atom is 0.229 e. The van der Waals surface area contributed by atoms with E-state index in [-0.39, 0.29) is 11.8 Å². The molecule has 1 saturated heterocycles. The van der Waals surface area contributed by atoms with Crippen LogP contribution in [0, 0.1) is 17.6 Å². The molecule has 1 aliphatic rings. The summed E-state index contributed by atoms with van der Waals surface area (Å²) < 4.78 is 25.9. The van der Waals surface area contributed by atoms with Crippen molar-refractivity contribution in [3.05, 3.63) is 29.8 Å². The van der Waals surface area contributed by atoms with Crippen molar-refractivity contribution in [2.45, 2.75) is 13.3 Å². The van der Waals surface area contributed by atoms with Crippen molar-refractivity contribution >= 4 is 11.6 Å². The van der Waals surface area contributed by atoms with Gasteiger partial charge in [-0.3, -0.25) is 4.79 Å². The number of benzene rings is 1. The van der Waals surface area contributed by atoms with Gasteiger partial charge < -0.3 is 4.90 Å². The molecular weight excluding hydrogens is 200 g/mol. The SMILES string of the molecule is CC1CCN(c2cc(F)cc(F)c2)C1=O. The highest BCUT2D eigenvalue weighted by Crippen LogP contribution is 2.26. The molecule has 0 bridgehead atoms. The Morgan fingerprint density at radius 3 is 2.33 bits per heavy atom. The molecule has 1 aromatic rings. The van der Waals surface area contributed by atoms with E-state index >= 15 is 0 Å². The molecule has 1 aromatic carbocycles.